The zero-order valence-corrected chi connectivity index (χ0v) is 18.0. The maximum absolute atomic E-state index is 12.6. The van der Waals surface area contributed by atoms with Crippen molar-refractivity contribution in [2.45, 2.75) is 37.8 Å². The molecule has 0 aliphatic rings. The Labute approximate surface area is 168 Å². The van der Waals surface area contributed by atoms with E-state index >= 15 is 0 Å². The van der Waals surface area contributed by atoms with Gasteiger partial charge in [0, 0.05) is 16.1 Å². The maximum Gasteiger partial charge on any atom is 0.251 e. The third kappa shape index (κ3) is 5.54. The van der Waals surface area contributed by atoms with E-state index in [9.17, 15) is 13.2 Å². The van der Waals surface area contributed by atoms with Gasteiger partial charge in [-0.25, -0.2) is 13.1 Å². The molecule has 2 aromatic rings. The average molecular weight is 455 g/mol. The van der Waals surface area contributed by atoms with Crippen LogP contribution in [0.3, 0.4) is 0 Å². The first-order chi connectivity index (χ1) is 12.6. The highest BCUT2D eigenvalue weighted by atomic mass is 79.9. The van der Waals surface area contributed by atoms with Gasteiger partial charge in [-0.3, -0.25) is 4.79 Å². The summed E-state index contributed by atoms with van der Waals surface area (Å²) in [5, 5.41) is 2.88. The lowest BCUT2D eigenvalue weighted by Crippen LogP contribution is -2.31. The topological polar surface area (TPSA) is 84.5 Å². The average Bonchev–Trinajstić information content (AvgIpc) is 2.60. The summed E-state index contributed by atoms with van der Waals surface area (Å²) >= 11 is 3.41. The van der Waals surface area contributed by atoms with Gasteiger partial charge in [-0.05, 0) is 56.7 Å². The van der Waals surface area contributed by atoms with E-state index in [1.165, 1.54) is 25.3 Å². The molecule has 0 aliphatic heterocycles. The van der Waals surface area contributed by atoms with Crippen molar-refractivity contribution >= 4 is 31.9 Å². The van der Waals surface area contributed by atoms with Gasteiger partial charge in [-0.15, -0.1) is 0 Å². The molecule has 2 N–H and O–H groups in total. The zero-order valence-electron chi connectivity index (χ0n) is 15.6. The Kier molecular flexibility index (Phi) is 7.02. The van der Waals surface area contributed by atoms with Crippen LogP contribution >= 0.6 is 15.9 Å². The van der Waals surface area contributed by atoms with Gasteiger partial charge in [0.1, 0.15) is 10.6 Å². The summed E-state index contributed by atoms with van der Waals surface area (Å²) in [5.74, 6) is -0.189. The first-order valence-corrected chi connectivity index (χ1v) is 10.7. The van der Waals surface area contributed by atoms with Gasteiger partial charge in [-0.2, -0.15) is 0 Å². The number of hydrogen-bond donors (Lipinski definition) is 2. The smallest absolute Gasteiger partial charge is 0.251 e. The summed E-state index contributed by atoms with van der Waals surface area (Å²) in [6.07, 6.45) is 0. The van der Waals surface area contributed by atoms with Gasteiger partial charge in [0.25, 0.3) is 5.91 Å². The van der Waals surface area contributed by atoms with Crippen LogP contribution in [0.2, 0.25) is 0 Å². The Hall–Kier alpha value is -1.90. The van der Waals surface area contributed by atoms with Crippen LogP contribution in [-0.4, -0.2) is 27.5 Å². The number of carbonyl (C=O) groups is 1. The summed E-state index contributed by atoms with van der Waals surface area (Å²) in [5.41, 5.74) is 1.17. The van der Waals surface area contributed by atoms with E-state index in [2.05, 4.69) is 26.0 Å². The normalized spacial score (nSPS) is 12.7. The monoisotopic (exact) mass is 454 g/mol. The van der Waals surface area contributed by atoms with Crippen LogP contribution in [0.4, 0.5) is 0 Å². The molecular weight excluding hydrogens is 432 g/mol. The molecule has 1 amide bonds. The van der Waals surface area contributed by atoms with Crippen molar-refractivity contribution in [1.29, 1.82) is 0 Å². The first-order valence-electron chi connectivity index (χ1n) is 8.40. The Morgan fingerprint density at radius 1 is 1.11 bits per heavy atom. The third-order valence-electron chi connectivity index (χ3n) is 3.80. The molecular formula is C19H23BrN2O4S. The highest BCUT2D eigenvalue weighted by molar-refractivity contribution is 9.10. The minimum atomic E-state index is -3.81. The van der Waals surface area contributed by atoms with Crippen molar-refractivity contribution in [2.75, 3.05) is 7.11 Å². The van der Waals surface area contributed by atoms with Gasteiger partial charge in [0.05, 0.1) is 13.2 Å². The molecule has 0 saturated carbocycles. The molecule has 2 aromatic carbocycles. The SMILES string of the molecule is COc1ccc(C(=O)N[C@H](C)c2cccc(Br)c2)cc1S(=O)(=O)NC(C)C. The van der Waals surface area contributed by atoms with E-state index in [-0.39, 0.29) is 34.2 Å². The number of halogens is 1. The van der Waals surface area contributed by atoms with Crippen LogP contribution in [0.25, 0.3) is 0 Å². The fourth-order valence-corrected chi connectivity index (χ4v) is 4.40. The predicted octanol–water partition coefficient (Wildman–Crippen LogP) is 3.64. The highest BCUT2D eigenvalue weighted by Gasteiger charge is 2.23. The minimum absolute atomic E-state index is 0.0681. The van der Waals surface area contributed by atoms with Gasteiger partial charge in [0.15, 0.2) is 0 Å². The van der Waals surface area contributed by atoms with Crippen molar-refractivity contribution in [3.8, 4) is 5.75 Å². The number of ether oxygens (including phenoxy) is 1. The second-order valence-electron chi connectivity index (χ2n) is 6.39. The van der Waals surface area contributed by atoms with Crippen molar-refractivity contribution in [2.24, 2.45) is 0 Å². The Balaban J connectivity index is 2.30. The van der Waals surface area contributed by atoms with Crippen molar-refractivity contribution in [3.63, 3.8) is 0 Å². The van der Waals surface area contributed by atoms with Crippen LogP contribution in [0.1, 0.15) is 42.7 Å². The van der Waals surface area contributed by atoms with Gasteiger partial charge >= 0.3 is 0 Å². The molecule has 2 rings (SSSR count). The van der Waals surface area contributed by atoms with E-state index in [1.807, 2.05) is 31.2 Å². The molecule has 0 aromatic heterocycles. The summed E-state index contributed by atoms with van der Waals surface area (Å²) in [6, 6.07) is 11.4. The van der Waals surface area contributed by atoms with Crippen LogP contribution in [0.5, 0.6) is 5.75 Å². The number of nitrogens with one attached hydrogen (secondary N) is 2. The number of sulfonamides is 1. The van der Waals surface area contributed by atoms with Crippen LogP contribution in [0, 0.1) is 0 Å². The van der Waals surface area contributed by atoms with Gasteiger partial charge < -0.3 is 10.1 Å². The molecule has 0 spiro atoms. The van der Waals surface area contributed by atoms with E-state index < -0.39 is 10.0 Å². The van der Waals surface area contributed by atoms with Crippen LogP contribution in [-0.2, 0) is 10.0 Å². The van der Waals surface area contributed by atoms with Gasteiger partial charge in [-0.1, -0.05) is 28.1 Å². The summed E-state index contributed by atoms with van der Waals surface area (Å²) in [4.78, 5) is 12.6. The molecule has 0 aliphatic carbocycles. The minimum Gasteiger partial charge on any atom is -0.495 e. The van der Waals surface area contributed by atoms with Crippen molar-refractivity contribution < 1.29 is 17.9 Å². The number of carbonyl (C=O) groups excluding carboxylic acids is 1. The number of benzene rings is 2. The fourth-order valence-electron chi connectivity index (χ4n) is 2.54. The first kappa shape index (κ1) is 21.4. The molecule has 27 heavy (non-hydrogen) atoms. The van der Waals surface area contributed by atoms with E-state index in [1.54, 1.807) is 13.8 Å². The number of hydrogen-bond acceptors (Lipinski definition) is 4. The lowest BCUT2D eigenvalue weighted by Gasteiger charge is -2.17. The molecule has 0 heterocycles. The van der Waals surface area contributed by atoms with E-state index in [0.29, 0.717) is 0 Å². The molecule has 146 valence electrons. The van der Waals surface area contributed by atoms with E-state index in [0.717, 1.165) is 10.0 Å². The number of amides is 1. The predicted molar refractivity (Wildman–Crippen MR) is 108 cm³/mol. The van der Waals surface area contributed by atoms with Gasteiger partial charge in [0.2, 0.25) is 10.0 Å². The quantitative estimate of drug-likeness (QED) is 0.668. The Morgan fingerprint density at radius 3 is 2.41 bits per heavy atom. The molecule has 6 nitrogen and oxygen atoms in total. The lowest BCUT2D eigenvalue weighted by atomic mass is 10.1. The zero-order chi connectivity index (χ0) is 20.2. The largest absolute Gasteiger partial charge is 0.495 e. The molecule has 1 atom stereocenters. The van der Waals surface area contributed by atoms with Crippen molar-refractivity contribution in [3.05, 3.63) is 58.1 Å². The Morgan fingerprint density at radius 2 is 1.81 bits per heavy atom. The number of methoxy groups -OCH3 is 1. The summed E-state index contributed by atoms with van der Waals surface area (Å²) in [6.45, 7) is 5.31. The molecule has 0 radical (unpaired) electrons. The summed E-state index contributed by atoms with van der Waals surface area (Å²) < 4.78 is 33.7. The second-order valence-corrected chi connectivity index (χ2v) is 8.99. The molecule has 8 heteroatoms. The lowest BCUT2D eigenvalue weighted by molar-refractivity contribution is 0.0939. The fraction of sp³-hybridized carbons (Fsp3) is 0.316. The molecule has 0 unspecified atom stereocenters. The van der Waals surface area contributed by atoms with Crippen molar-refractivity contribution in [1.82, 2.24) is 10.0 Å². The highest BCUT2D eigenvalue weighted by Crippen LogP contribution is 2.26. The standard InChI is InChI=1S/C19H23BrN2O4S/c1-12(2)22-27(24,25)18-11-15(8-9-17(18)26-4)19(23)21-13(3)14-6-5-7-16(20)10-14/h5-13,22H,1-4H3,(H,21,23)/t13-/m1/s1. The summed E-state index contributed by atoms with van der Waals surface area (Å²) in [7, 11) is -2.42. The Bertz CT molecular complexity index is 929. The van der Waals surface area contributed by atoms with E-state index in [4.69, 9.17) is 4.74 Å². The third-order valence-corrected chi connectivity index (χ3v) is 5.98. The second kappa shape index (κ2) is 8.86. The molecule has 0 fully saturated rings. The van der Waals surface area contributed by atoms with Crippen LogP contribution in [0.15, 0.2) is 51.8 Å². The molecule has 0 saturated heterocycles. The van der Waals surface area contributed by atoms with Crippen LogP contribution < -0.4 is 14.8 Å². The maximum atomic E-state index is 12.6. The molecule has 0 bridgehead atoms. The number of rotatable bonds is 7.